The highest BCUT2D eigenvalue weighted by molar-refractivity contribution is 5.93. The lowest BCUT2D eigenvalue weighted by Gasteiger charge is -2.36. The first-order valence-electron chi connectivity index (χ1n) is 10.5. The standard InChI is InChI=1S/C22H26N6O2/c1-15-12-20(26(2)25-15)22(29)28-10-8-27(9-11-28)16-6-7-19-18(13-16)21(24-14-23-19)30-17-4-3-5-17/h6-7,12-14,17H,3-5,8-11H2,1-2H3. The van der Waals surface area contributed by atoms with Crippen molar-refractivity contribution in [2.24, 2.45) is 7.05 Å². The SMILES string of the molecule is Cc1cc(C(=O)N2CCN(c3ccc4ncnc(OC5CCC5)c4c3)CC2)n(C)n1. The number of ether oxygens (including phenoxy) is 1. The van der Waals surface area contributed by atoms with Gasteiger partial charge in [-0.2, -0.15) is 5.10 Å². The number of carbonyl (C=O) groups is 1. The average Bonchev–Trinajstić information content (AvgIpc) is 3.08. The number of anilines is 1. The Morgan fingerprint density at radius 3 is 2.57 bits per heavy atom. The molecule has 3 heterocycles. The average molecular weight is 406 g/mol. The molecule has 2 aromatic heterocycles. The molecule has 1 aliphatic heterocycles. The third-order valence-electron chi connectivity index (χ3n) is 6.07. The zero-order valence-electron chi connectivity index (χ0n) is 17.4. The maximum atomic E-state index is 12.8. The van der Waals surface area contributed by atoms with Gasteiger partial charge in [-0.3, -0.25) is 9.48 Å². The highest BCUT2D eigenvalue weighted by Crippen LogP contribution is 2.31. The largest absolute Gasteiger partial charge is 0.474 e. The van der Waals surface area contributed by atoms with Crippen molar-refractivity contribution in [2.45, 2.75) is 32.3 Å². The molecular weight excluding hydrogens is 380 g/mol. The zero-order chi connectivity index (χ0) is 20.7. The number of nitrogens with zero attached hydrogens (tertiary/aromatic N) is 6. The van der Waals surface area contributed by atoms with Crippen molar-refractivity contribution in [1.82, 2.24) is 24.6 Å². The maximum absolute atomic E-state index is 12.8. The Morgan fingerprint density at radius 1 is 1.10 bits per heavy atom. The molecule has 2 fully saturated rings. The minimum absolute atomic E-state index is 0.0425. The molecule has 0 unspecified atom stereocenters. The molecule has 1 amide bonds. The molecule has 156 valence electrons. The molecule has 1 saturated carbocycles. The van der Waals surface area contributed by atoms with E-state index < -0.39 is 0 Å². The van der Waals surface area contributed by atoms with E-state index in [1.165, 1.54) is 6.42 Å². The Morgan fingerprint density at radius 2 is 1.90 bits per heavy atom. The number of hydrogen-bond acceptors (Lipinski definition) is 6. The van der Waals surface area contributed by atoms with Crippen molar-refractivity contribution >= 4 is 22.5 Å². The summed E-state index contributed by atoms with van der Waals surface area (Å²) in [4.78, 5) is 25.8. The molecule has 3 aromatic rings. The summed E-state index contributed by atoms with van der Waals surface area (Å²) in [5.74, 6) is 0.716. The second-order valence-electron chi connectivity index (χ2n) is 8.12. The van der Waals surface area contributed by atoms with Crippen molar-refractivity contribution in [3.8, 4) is 5.88 Å². The Labute approximate surface area is 175 Å². The van der Waals surface area contributed by atoms with E-state index in [0.29, 0.717) is 24.7 Å². The van der Waals surface area contributed by atoms with E-state index in [-0.39, 0.29) is 12.0 Å². The smallest absolute Gasteiger partial charge is 0.272 e. The summed E-state index contributed by atoms with van der Waals surface area (Å²) in [6, 6.07) is 8.08. The van der Waals surface area contributed by atoms with Crippen LogP contribution in [0.5, 0.6) is 5.88 Å². The first-order valence-corrected chi connectivity index (χ1v) is 10.5. The molecule has 1 aromatic carbocycles. The van der Waals surface area contributed by atoms with Gasteiger partial charge in [0.2, 0.25) is 5.88 Å². The molecule has 0 radical (unpaired) electrons. The quantitative estimate of drug-likeness (QED) is 0.663. The summed E-state index contributed by atoms with van der Waals surface area (Å²) in [5.41, 5.74) is 3.50. The number of aryl methyl sites for hydroxylation is 2. The van der Waals surface area contributed by atoms with Crippen molar-refractivity contribution < 1.29 is 9.53 Å². The van der Waals surface area contributed by atoms with E-state index in [1.54, 1.807) is 11.0 Å². The molecule has 30 heavy (non-hydrogen) atoms. The van der Waals surface area contributed by atoms with E-state index in [1.807, 2.05) is 31.0 Å². The van der Waals surface area contributed by atoms with Gasteiger partial charge >= 0.3 is 0 Å². The van der Waals surface area contributed by atoms with Crippen LogP contribution in [0.1, 0.15) is 35.4 Å². The monoisotopic (exact) mass is 406 g/mol. The molecule has 0 bridgehead atoms. The van der Waals surface area contributed by atoms with E-state index >= 15 is 0 Å². The fourth-order valence-electron chi connectivity index (χ4n) is 4.10. The van der Waals surface area contributed by atoms with Crippen LogP contribution < -0.4 is 9.64 Å². The summed E-state index contributed by atoms with van der Waals surface area (Å²) in [6.07, 6.45) is 5.26. The van der Waals surface area contributed by atoms with Crippen LogP contribution in [0.3, 0.4) is 0 Å². The number of rotatable bonds is 4. The molecule has 8 heteroatoms. The third-order valence-corrected chi connectivity index (χ3v) is 6.07. The van der Waals surface area contributed by atoms with Gasteiger partial charge in [0.05, 0.1) is 16.6 Å². The summed E-state index contributed by atoms with van der Waals surface area (Å²) >= 11 is 0. The van der Waals surface area contributed by atoms with Gasteiger partial charge in [-0.1, -0.05) is 0 Å². The van der Waals surface area contributed by atoms with Crippen LogP contribution >= 0.6 is 0 Å². The number of carbonyl (C=O) groups excluding carboxylic acids is 1. The van der Waals surface area contributed by atoms with Crippen LogP contribution in [0, 0.1) is 6.92 Å². The zero-order valence-corrected chi connectivity index (χ0v) is 17.4. The molecule has 1 aliphatic carbocycles. The summed E-state index contributed by atoms with van der Waals surface area (Å²) in [7, 11) is 1.82. The van der Waals surface area contributed by atoms with E-state index in [0.717, 1.165) is 48.2 Å². The molecule has 5 rings (SSSR count). The predicted molar refractivity (Wildman–Crippen MR) is 114 cm³/mol. The van der Waals surface area contributed by atoms with Crippen LogP contribution in [0.25, 0.3) is 10.9 Å². The van der Waals surface area contributed by atoms with Gasteiger partial charge < -0.3 is 14.5 Å². The lowest BCUT2D eigenvalue weighted by atomic mass is 9.96. The Balaban J connectivity index is 1.31. The number of hydrogen-bond donors (Lipinski definition) is 0. The number of piperazine rings is 1. The lowest BCUT2D eigenvalue weighted by molar-refractivity contribution is 0.0735. The van der Waals surface area contributed by atoms with Crippen molar-refractivity contribution in [3.63, 3.8) is 0 Å². The molecule has 2 aliphatic rings. The second kappa shape index (κ2) is 7.59. The van der Waals surface area contributed by atoms with Gasteiger partial charge in [-0.15, -0.1) is 0 Å². The summed E-state index contributed by atoms with van der Waals surface area (Å²) in [6.45, 7) is 4.82. The van der Waals surface area contributed by atoms with Gasteiger partial charge in [-0.05, 0) is 50.5 Å². The Hall–Kier alpha value is -3.16. The number of benzene rings is 1. The second-order valence-corrected chi connectivity index (χ2v) is 8.12. The summed E-state index contributed by atoms with van der Waals surface area (Å²) < 4.78 is 7.75. The molecule has 1 saturated heterocycles. The normalized spacial score (nSPS) is 17.3. The third kappa shape index (κ3) is 3.46. The fraction of sp³-hybridized carbons (Fsp3) is 0.455. The van der Waals surface area contributed by atoms with E-state index in [4.69, 9.17) is 4.74 Å². The van der Waals surface area contributed by atoms with Crippen molar-refractivity contribution in [3.05, 3.63) is 42.0 Å². The van der Waals surface area contributed by atoms with Crippen LogP contribution in [0.4, 0.5) is 5.69 Å². The topological polar surface area (TPSA) is 76.4 Å². The van der Waals surface area contributed by atoms with Crippen molar-refractivity contribution in [1.29, 1.82) is 0 Å². The number of aromatic nitrogens is 4. The molecule has 0 atom stereocenters. The van der Waals surface area contributed by atoms with Gasteiger partial charge in [0.15, 0.2) is 0 Å². The Kier molecular flexibility index (Phi) is 4.77. The van der Waals surface area contributed by atoms with E-state index in [9.17, 15) is 4.79 Å². The minimum Gasteiger partial charge on any atom is -0.474 e. The van der Waals surface area contributed by atoms with Crippen LogP contribution in [-0.4, -0.2) is 62.8 Å². The van der Waals surface area contributed by atoms with E-state index in [2.05, 4.69) is 32.1 Å². The first kappa shape index (κ1) is 18.8. The molecular formula is C22H26N6O2. The molecule has 8 nitrogen and oxygen atoms in total. The minimum atomic E-state index is 0.0425. The van der Waals surface area contributed by atoms with Gasteiger partial charge in [-0.25, -0.2) is 9.97 Å². The highest BCUT2D eigenvalue weighted by Gasteiger charge is 2.25. The first-order chi connectivity index (χ1) is 14.6. The van der Waals surface area contributed by atoms with Crippen molar-refractivity contribution in [2.75, 3.05) is 31.1 Å². The maximum Gasteiger partial charge on any atom is 0.272 e. The van der Waals surface area contributed by atoms with Crippen LogP contribution in [-0.2, 0) is 7.05 Å². The summed E-state index contributed by atoms with van der Waals surface area (Å²) in [5, 5.41) is 5.24. The van der Waals surface area contributed by atoms with Gasteiger partial charge in [0.1, 0.15) is 18.1 Å². The van der Waals surface area contributed by atoms with Crippen LogP contribution in [0.2, 0.25) is 0 Å². The Bertz CT molecular complexity index is 1080. The van der Waals surface area contributed by atoms with Gasteiger partial charge in [0.25, 0.3) is 5.91 Å². The predicted octanol–water partition coefficient (Wildman–Crippen LogP) is 2.57. The number of fused-ring (bicyclic) bond motifs is 1. The molecule has 0 spiro atoms. The van der Waals surface area contributed by atoms with Crippen LogP contribution in [0.15, 0.2) is 30.6 Å². The molecule has 0 N–H and O–H groups in total. The fourth-order valence-corrected chi connectivity index (χ4v) is 4.10. The number of amides is 1. The van der Waals surface area contributed by atoms with Gasteiger partial charge in [0, 0.05) is 38.9 Å². The lowest BCUT2D eigenvalue weighted by Crippen LogP contribution is -2.49. The highest BCUT2D eigenvalue weighted by atomic mass is 16.5.